The van der Waals surface area contributed by atoms with Crippen molar-refractivity contribution in [2.45, 2.75) is 51.6 Å². The van der Waals surface area contributed by atoms with Crippen LogP contribution in [0, 0.1) is 0 Å². The zero-order valence-corrected chi connectivity index (χ0v) is 19.9. The van der Waals surface area contributed by atoms with Crippen LogP contribution in [0.3, 0.4) is 0 Å². The monoisotopic (exact) mass is 436 g/mol. The van der Waals surface area contributed by atoms with Crippen LogP contribution in [0.5, 0.6) is 0 Å². The van der Waals surface area contributed by atoms with E-state index in [2.05, 4.69) is 51.4 Å². The van der Waals surface area contributed by atoms with Gasteiger partial charge in [-0.05, 0) is 49.4 Å². The third kappa shape index (κ3) is 5.21. The average Bonchev–Trinajstić information content (AvgIpc) is 2.79. The number of rotatable bonds is 6. The molecule has 0 radical (unpaired) electrons. The van der Waals surface area contributed by atoms with E-state index in [0.29, 0.717) is 18.3 Å². The predicted molar refractivity (Wildman–Crippen MR) is 129 cm³/mol. The minimum absolute atomic E-state index is 0.0186. The number of fused-ring (bicyclic) bond motifs is 1. The van der Waals surface area contributed by atoms with Crippen LogP contribution in [-0.2, 0) is 24.3 Å². The number of carbonyl (C=O) groups is 1. The number of aromatic nitrogens is 2. The topological polar surface area (TPSA) is 64.6 Å². The Morgan fingerprint density at radius 2 is 2.06 bits per heavy atom. The Hall–Kier alpha value is -2.67. The summed E-state index contributed by atoms with van der Waals surface area (Å²) in [4.78, 5) is 27.7. The van der Waals surface area contributed by atoms with Gasteiger partial charge in [-0.25, -0.2) is 9.97 Å². The van der Waals surface area contributed by atoms with Crippen molar-refractivity contribution in [3.63, 3.8) is 0 Å². The molecule has 172 valence electrons. The lowest BCUT2D eigenvalue weighted by Gasteiger charge is -2.33. The van der Waals surface area contributed by atoms with Crippen LogP contribution in [0.4, 0.5) is 11.5 Å². The summed E-state index contributed by atoms with van der Waals surface area (Å²) in [7, 11) is 5.86. The number of hydrogen-bond acceptors (Lipinski definition) is 6. The zero-order chi connectivity index (χ0) is 22.7. The van der Waals surface area contributed by atoms with Crippen LogP contribution < -0.4 is 10.2 Å². The van der Waals surface area contributed by atoms with Crippen molar-refractivity contribution in [1.29, 1.82) is 0 Å². The first-order valence-electron chi connectivity index (χ1n) is 11.8. The lowest BCUT2D eigenvalue weighted by Crippen LogP contribution is -2.34. The molecule has 1 fully saturated rings. The molecule has 1 saturated heterocycles. The van der Waals surface area contributed by atoms with E-state index in [4.69, 9.17) is 4.98 Å². The second-order valence-electron chi connectivity index (χ2n) is 9.28. The van der Waals surface area contributed by atoms with E-state index in [0.717, 1.165) is 44.1 Å². The summed E-state index contributed by atoms with van der Waals surface area (Å²) < 4.78 is 0. The molecule has 7 heteroatoms. The van der Waals surface area contributed by atoms with E-state index in [1.54, 1.807) is 18.9 Å². The highest BCUT2D eigenvalue weighted by Gasteiger charge is 2.24. The van der Waals surface area contributed by atoms with Gasteiger partial charge in [-0.15, -0.1) is 0 Å². The summed E-state index contributed by atoms with van der Waals surface area (Å²) in [6.45, 7) is 6.25. The molecule has 0 unspecified atom stereocenters. The largest absolute Gasteiger partial charge is 0.374 e. The molecule has 0 spiro atoms. The molecule has 4 rings (SSSR count). The molecule has 1 aromatic carbocycles. The summed E-state index contributed by atoms with van der Waals surface area (Å²) in [5.74, 6) is 1.91. The Labute approximate surface area is 191 Å². The van der Waals surface area contributed by atoms with Crippen LogP contribution in [-0.4, -0.2) is 66.5 Å². The first kappa shape index (κ1) is 22.5. The lowest BCUT2D eigenvalue weighted by molar-refractivity contribution is -0.128. The van der Waals surface area contributed by atoms with Gasteiger partial charge in [0.25, 0.3) is 0 Å². The van der Waals surface area contributed by atoms with Crippen LogP contribution in [0.25, 0.3) is 0 Å². The van der Waals surface area contributed by atoms with E-state index < -0.39 is 0 Å². The Morgan fingerprint density at radius 3 is 2.84 bits per heavy atom. The van der Waals surface area contributed by atoms with Gasteiger partial charge in [-0.3, -0.25) is 9.69 Å². The molecule has 2 aliphatic rings. The van der Waals surface area contributed by atoms with Gasteiger partial charge in [-0.2, -0.15) is 0 Å². The number of nitrogens with zero attached hydrogens (tertiary/aromatic N) is 5. The van der Waals surface area contributed by atoms with E-state index in [1.165, 1.54) is 36.1 Å². The first-order chi connectivity index (χ1) is 15.4. The van der Waals surface area contributed by atoms with Gasteiger partial charge in [0.2, 0.25) is 5.91 Å². The molecule has 3 heterocycles. The average molecular weight is 437 g/mol. The molecule has 1 amide bonds. The highest BCUT2D eigenvalue weighted by molar-refractivity contribution is 5.72. The Balaban J connectivity index is 1.47. The van der Waals surface area contributed by atoms with Crippen LogP contribution in [0.2, 0.25) is 0 Å². The van der Waals surface area contributed by atoms with Crippen molar-refractivity contribution < 1.29 is 4.79 Å². The predicted octanol–water partition coefficient (Wildman–Crippen LogP) is 3.26. The molecule has 2 aliphatic heterocycles. The maximum atomic E-state index is 11.7. The van der Waals surface area contributed by atoms with Crippen molar-refractivity contribution in [1.82, 2.24) is 19.8 Å². The highest BCUT2D eigenvalue weighted by atomic mass is 16.2. The van der Waals surface area contributed by atoms with E-state index >= 15 is 0 Å². The van der Waals surface area contributed by atoms with Gasteiger partial charge in [-0.1, -0.05) is 12.1 Å². The summed E-state index contributed by atoms with van der Waals surface area (Å²) in [6.07, 6.45) is 4.72. The lowest BCUT2D eigenvalue weighted by atomic mass is 9.93. The van der Waals surface area contributed by atoms with Gasteiger partial charge in [0.05, 0.1) is 12.2 Å². The Bertz CT molecular complexity index is 961. The number of hydrogen-bond donors (Lipinski definition) is 1. The summed E-state index contributed by atoms with van der Waals surface area (Å²) in [5, 5.41) is 3.16. The maximum Gasteiger partial charge on any atom is 0.219 e. The van der Waals surface area contributed by atoms with Crippen LogP contribution >= 0.6 is 0 Å². The SMILES string of the molecule is CNc1cc([C@@H]2CCCN(Cc3ccc4c(c3)CCCN4C)C2)nc(CN(C)C(C)=O)n1. The number of carbonyl (C=O) groups excluding carboxylic acids is 1. The third-order valence-corrected chi connectivity index (χ3v) is 6.79. The summed E-state index contributed by atoms with van der Waals surface area (Å²) in [5.41, 5.74) is 5.36. The second-order valence-corrected chi connectivity index (χ2v) is 9.28. The third-order valence-electron chi connectivity index (χ3n) is 6.79. The number of piperidine rings is 1. The van der Waals surface area contributed by atoms with Crippen molar-refractivity contribution in [2.24, 2.45) is 0 Å². The number of anilines is 2. The molecule has 0 aliphatic carbocycles. The van der Waals surface area contributed by atoms with Gasteiger partial charge in [0.1, 0.15) is 11.6 Å². The highest BCUT2D eigenvalue weighted by Crippen LogP contribution is 2.30. The van der Waals surface area contributed by atoms with Crippen LogP contribution in [0.15, 0.2) is 24.3 Å². The van der Waals surface area contributed by atoms with Gasteiger partial charge in [0, 0.05) is 65.4 Å². The van der Waals surface area contributed by atoms with E-state index in [1.807, 2.05) is 7.05 Å². The minimum Gasteiger partial charge on any atom is -0.374 e. The fourth-order valence-corrected chi connectivity index (χ4v) is 4.88. The Kier molecular flexibility index (Phi) is 6.94. The number of benzene rings is 1. The molecule has 1 aromatic heterocycles. The number of amides is 1. The van der Waals surface area contributed by atoms with Crippen LogP contribution in [0.1, 0.15) is 54.7 Å². The quantitative estimate of drug-likeness (QED) is 0.750. The van der Waals surface area contributed by atoms with Crippen molar-refractivity contribution in [2.75, 3.05) is 51.0 Å². The van der Waals surface area contributed by atoms with E-state index in [9.17, 15) is 4.79 Å². The molecule has 1 N–H and O–H groups in total. The normalized spacial score (nSPS) is 18.9. The maximum absolute atomic E-state index is 11.7. The van der Waals surface area contributed by atoms with Gasteiger partial charge >= 0.3 is 0 Å². The molecular formula is C25H36N6O. The summed E-state index contributed by atoms with van der Waals surface area (Å²) >= 11 is 0. The standard InChI is InChI=1S/C25H36N6O/c1-18(32)30(4)17-25-27-22(14-24(26-2)28-25)21-8-6-12-31(16-21)15-19-9-10-23-20(13-19)7-5-11-29(23)3/h9-10,13-14,21H,5-8,11-12,15-17H2,1-4H3,(H,26,27,28)/t21-/m1/s1. The van der Waals surface area contributed by atoms with Gasteiger partial charge < -0.3 is 15.1 Å². The number of likely N-dealkylation sites (tertiary alicyclic amines) is 1. The Morgan fingerprint density at radius 1 is 1.22 bits per heavy atom. The van der Waals surface area contributed by atoms with E-state index in [-0.39, 0.29) is 5.91 Å². The fourth-order valence-electron chi connectivity index (χ4n) is 4.88. The van der Waals surface area contributed by atoms with Crippen molar-refractivity contribution in [3.8, 4) is 0 Å². The molecule has 7 nitrogen and oxygen atoms in total. The minimum atomic E-state index is 0.0186. The molecule has 1 atom stereocenters. The molecule has 32 heavy (non-hydrogen) atoms. The molecule has 0 bridgehead atoms. The second kappa shape index (κ2) is 9.86. The molecule has 0 saturated carbocycles. The first-order valence-corrected chi connectivity index (χ1v) is 11.8. The molecule has 2 aromatic rings. The smallest absolute Gasteiger partial charge is 0.219 e. The summed E-state index contributed by atoms with van der Waals surface area (Å²) in [6, 6.07) is 9.07. The number of aryl methyl sites for hydroxylation is 1. The number of nitrogens with one attached hydrogen (secondary N) is 1. The zero-order valence-electron chi connectivity index (χ0n) is 19.9. The van der Waals surface area contributed by atoms with Crippen molar-refractivity contribution >= 4 is 17.4 Å². The van der Waals surface area contributed by atoms with Gasteiger partial charge in [0.15, 0.2) is 0 Å². The molecular weight excluding hydrogens is 400 g/mol. The fraction of sp³-hybridized carbons (Fsp3) is 0.560. The van der Waals surface area contributed by atoms with Crippen molar-refractivity contribution in [3.05, 3.63) is 46.9 Å².